The zero-order valence-electron chi connectivity index (χ0n) is 17.3. The molecular formula is C23H30BrN3O2. The molecule has 0 saturated carbocycles. The minimum absolute atomic E-state index is 0.00258. The number of halogens is 1. The van der Waals surface area contributed by atoms with E-state index in [-0.39, 0.29) is 17.7 Å². The SMILES string of the molecule is CC(C)[C@H](N)C(=O)N(C)[C@@H](Cc1ccccc1)C(=O)NCCc1ccc(Br)cc1. The number of rotatable bonds is 9. The van der Waals surface area contributed by atoms with Gasteiger partial charge in [0.1, 0.15) is 6.04 Å². The van der Waals surface area contributed by atoms with E-state index < -0.39 is 12.1 Å². The van der Waals surface area contributed by atoms with Crippen LogP contribution >= 0.6 is 15.9 Å². The molecule has 2 atom stereocenters. The van der Waals surface area contributed by atoms with Crippen LogP contribution in [-0.2, 0) is 22.4 Å². The van der Waals surface area contributed by atoms with Crippen LogP contribution in [0, 0.1) is 5.92 Å². The number of benzene rings is 2. The van der Waals surface area contributed by atoms with Crippen molar-refractivity contribution in [3.8, 4) is 0 Å². The fourth-order valence-corrected chi connectivity index (χ4v) is 3.28. The second kappa shape index (κ2) is 11.1. The third-order valence-corrected chi connectivity index (χ3v) is 5.55. The molecule has 2 aromatic carbocycles. The molecule has 0 bridgehead atoms. The van der Waals surface area contributed by atoms with E-state index in [1.54, 1.807) is 7.05 Å². The van der Waals surface area contributed by atoms with Gasteiger partial charge in [0.15, 0.2) is 0 Å². The summed E-state index contributed by atoms with van der Waals surface area (Å²) in [5, 5.41) is 2.98. The highest BCUT2D eigenvalue weighted by molar-refractivity contribution is 9.10. The van der Waals surface area contributed by atoms with Crippen molar-refractivity contribution >= 4 is 27.7 Å². The fraction of sp³-hybridized carbons (Fsp3) is 0.391. The van der Waals surface area contributed by atoms with Gasteiger partial charge in [-0.05, 0) is 35.6 Å². The van der Waals surface area contributed by atoms with Crippen LogP contribution < -0.4 is 11.1 Å². The first-order valence-electron chi connectivity index (χ1n) is 9.88. The molecular weight excluding hydrogens is 430 g/mol. The van der Waals surface area contributed by atoms with E-state index in [9.17, 15) is 9.59 Å². The van der Waals surface area contributed by atoms with E-state index in [2.05, 4.69) is 21.2 Å². The zero-order chi connectivity index (χ0) is 21.4. The van der Waals surface area contributed by atoms with Crippen molar-refractivity contribution in [3.05, 3.63) is 70.2 Å². The lowest BCUT2D eigenvalue weighted by molar-refractivity contribution is -0.140. The normalized spacial score (nSPS) is 13.0. The number of nitrogens with two attached hydrogens (primary N) is 1. The lowest BCUT2D eigenvalue weighted by atomic mass is 10.00. The molecule has 0 aliphatic carbocycles. The monoisotopic (exact) mass is 459 g/mol. The smallest absolute Gasteiger partial charge is 0.243 e. The van der Waals surface area contributed by atoms with Gasteiger partial charge < -0.3 is 16.0 Å². The fourth-order valence-electron chi connectivity index (χ4n) is 3.02. The van der Waals surface area contributed by atoms with Crippen molar-refractivity contribution in [2.75, 3.05) is 13.6 Å². The number of likely N-dealkylation sites (N-methyl/N-ethyl adjacent to an activating group) is 1. The highest BCUT2D eigenvalue weighted by Crippen LogP contribution is 2.13. The summed E-state index contributed by atoms with van der Waals surface area (Å²) >= 11 is 3.42. The summed E-state index contributed by atoms with van der Waals surface area (Å²) in [6.07, 6.45) is 1.16. The largest absolute Gasteiger partial charge is 0.354 e. The minimum Gasteiger partial charge on any atom is -0.354 e. The maximum absolute atomic E-state index is 13.0. The van der Waals surface area contributed by atoms with E-state index in [4.69, 9.17) is 5.73 Å². The Kier molecular flexibility index (Phi) is 8.86. The van der Waals surface area contributed by atoms with Crippen molar-refractivity contribution in [1.82, 2.24) is 10.2 Å². The molecule has 29 heavy (non-hydrogen) atoms. The summed E-state index contributed by atoms with van der Waals surface area (Å²) in [6.45, 7) is 4.31. The average Bonchev–Trinajstić information content (AvgIpc) is 2.72. The van der Waals surface area contributed by atoms with Crippen molar-refractivity contribution in [2.24, 2.45) is 11.7 Å². The van der Waals surface area contributed by atoms with Gasteiger partial charge in [-0.1, -0.05) is 72.2 Å². The number of hydrogen-bond acceptors (Lipinski definition) is 3. The molecule has 0 radical (unpaired) electrons. The van der Waals surface area contributed by atoms with Gasteiger partial charge in [0.2, 0.25) is 11.8 Å². The Hall–Kier alpha value is -2.18. The van der Waals surface area contributed by atoms with E-state index >= 15 is 0 Å². The van der Waals surface area contributed by atoms with Gasteiger partial charge in [-0.2, -0.15) is 0 Å². The summed E-state index contributed by atoms with van der Waals surface area (Å²) in [5.74, 6) is -0.385. The molecule has 0 unspecified atom stereocenters. The van der Waals surface area contributed by atoms with E-state index in [1.165, 1.54) is 4.90 Å². The molecule has 0 heterocycles. The zero-order valence-corrected chi connectivity index (χ0v) is 18.9. The van der Waals surface area contributed by atoms with Crippen LogP contribution in [0.3, 0.4) is 0 Å². The molecule has 0 spiro atoms. The molecule has 156 valence electrons. The third-order valence-electron chi connectivity index (χ3n) is 5.02. The van der Waals surface area contributed by atoms with Crippen molar-refractivity contribution < 1.29 is 9.59 Å². The number of amides is 2. The van der Waals surface area contributed by atoms with E-state index in [1.807, 2.05) is 68.4 Å². The summed E-state index contributed by atoms with van der Waals surface area (Å²) in [6, 6.07) is 16.5. The number of nitrogens with one attached hydrogen (secondary N) is 1. The standard InChI is InChI=1S/C23H30BrN3O2/c1-16(2)21(25)23(29)27(3)20(15-18-7-5-4-6-8-18)22(28)26-14-13-17-9-11-19(24)12-10-17/h4-12,16,20-21H,13-15,25H2,1-3H3,(H,26,28)/t20-,21-/m0/s1. The van der Waals surface area contributed by atoms with E-state index in [0.717, 1.165) is 22.0 Å². The van der Waals surface area contributed by atoms with Crippen molar-refractivity contribution in [2.45, 2.75) is 38.8 Å². The minimum atomic E-state index is -0.631. The van der Waals surface area contributed by atoms with Crippen LogP contribution in [0.5, 0.6) is 0 Å². The maximum Gasteiger partial charge on any atom is 0.243 e. The van der Waals surface area contributed by atoms with Gasteiger partial charge in [-0.3, -0.25) is 9.59 Å². The van der Waals surface area contributed by atoms with Crippen molar-refractivity contribution in [1.29, 1.82) is 0 Å². The molecule has 2 rings (SSSR count). The Morgan fingerprint density at radius 2 is 1.66 bits per heavy atom. The predicted molar refractivity (Wildman–Crippen MR) is 120 cm³/mol. The van der Waals surface area contributed by atoms with Gasteiger partial charge in [0.05, 0.1) is 6.04 Å². The predicted octanol–water partition coefficient (Wildman–Crippen LogP) is 3.16. The van der Waals surface area contributed by atoms with Crippen LogP contribution in [0.1, 0.15) is 25.0 Å². The number of nitrogens with zero attached hydrogens (tertiary/aromatic N) is 1. The second-order valence-corrected chi connectivity index (χ2v) is 8.51. The molecule has 2 aromatic rings. The summed E-state index contributed by atoms with van der Waals surface area (Å²) in [4.78, 5) is 27.2. The number of carbonyl (C=O) groups excluding carboxylic acids is 2. The Bertz CT molecular complexity index is 794. The molecule has 5 nitrogen and oxygen atoms in total. The molecule has 0 aromatic heterocycles. The highest BCUT2D eigenvalue weighted by atomic mass is 79.9. The van der Waals surface area contributed by atoms with Crippen LogP contribution in [-0.4, -0.2) is 42.4 Å². The first-order chi connectivity index (χ1) is 13.8. The topological polar surface area (TPSA) is 75.4 Å². The van der Waals surface area contributed by atoms with Crippen LogP contribution in [0.15, 0.2) is 59.1 Å². The lowest BCUT2D eigenvalue weighted by Gasteiger charge is -2.30. The van der Waals surface area contributed by atoms with Crippen LogP contribution in [0.2, 0.25) is 0 Å². The quantitative estimate of drug-likeness (QED) is 0.604. The van der Waals surface area contributed by atoms with E-state index in [0.29, 0.717) is 13.0 Å². The maximum atomic E-state index is 13.0. The second-order valence-electron chi connectivity index (χ2n) is 7.59. The number of hydrogen-bond donors (Lipinski definition) is 2. The highest BCUT2D eigenvalue weighted by Gasteiger charge is 2.30. The van der Waals surface area contributed by atoms with Crippen LogP contribution in [0.25, 0.3) is 0 Å². The molecule has 6 heteroatoms. The molecule has 0 aliphatic heterocycles. The summed E-state index contributed by atoms with van der Waals surface area (Å²) in [7, 11) is 1.66. The number of carbonyl (C=O) groups is 2. The van der Waals surface area contributed by atoms with Gasteiger partial charge in [0.25, 0.3) is 0 Å². The Balaban J connectivity index is 2.07. The van der Waals surface area contributed by atoms with Gasteiger partial charge in [0, 0.05) is 24.5 Å². The average molecular weight is 460 g/mol. The molecule has 0 fully saturated rings. The van der Waals surface area contributed by atoms with Gasteiger partial charge in [-0.25, -0.2) is 0 Å². The molecule has 3 N–H and O–H groups in total. The van der Waals surface area contributed by atoms with Crippen molar-refractivity contribution in [3.63, 3.8) is 0 Å². The molecule has 0 saturated heterocycles. The molecule has 2 amide bonds. The summed E-state index contributed by atoms with van der Waals surface area (Å²) < 4.78 is 1.02. The Morgan fingerprint density at radius 1 is 1.03 bits per heavy atom. The first-order valence-corrected chi connectivity index (χ1v) is 10.7. The van der Waals surface area contributed by atoms with Gasteiger partial charge in [-0.15, -0.1) is 0 Å². The molecule has 0 aliphatic rings. The first kappa shape index (κ1) is 23.1. The lowest BCUT2D eigenvalue weighted by Crippen LogP contribution is -2.54. The third kappa shape index (κ3) is 6.98. The van der Waals surface area contributed by atoms with Crippen LogP contribution in [0.4, 0.5) is 0 Å². The summed E-state index contributed by atoms with van der Waals surface area (Å²) in [5.41, 5.74) is 8.19. The Labute approximate surface area is 181 Å². The van der Waals surface area contributed by atoms with Gasteiger partial charge >= 0.3 is 0 Å². The Morgan fingerprint density at radius 3 is 2.24 bits per heavy atom.